The third kappa shape index (κ3) is 3.56. The van der Waals surface area contributed by atoms with E-state index in [1.807, 2.05) is 7.05 Å². The van der Waals surface area contributed by atoms with Gasteiger partial charge in [-0.1, -0.05) is 0 Å². The highest BCUT2D eigenvalue weighted by atomic mass is 35.5. The number of aryl methyl sites for hydroxylation is 2. The number of hydrogen-bond donors (Lipinski definition) is 1. The molecule has 1 saturated heterocycles. The summed E-state index contributed by atoms with van der Waals surface area (Å²) in [5.74, 6) is -0.396. The van der Waals surface area contributed by atoms with Crippen LogP contribution in [0.2, 0.25) is 0 Å². The molecule has 1 fully saturated rings. The maximum atomic E-state index is 13.4. The van der Waals surface area contributed by atoms with Crippen LogP contribution in [0.4, 0.5) is 4.39 Å². The number of nitrogens with zero attached hydrogens (tertiary/aromatic N) is 1. The van der Waals surface area contributed by atoms with Gasteiger partial charge in [0.25, 0.3) is 0 Å². The monoisotopic (exact) mass is 336 g/mol. The van der Waals surface area contributed by atoms with E-state index in [1.165, 1.54) is 12.1 Å². The van der Waals surface area contributed by atoms with E-state index in [-0.39, 0.29) is 23.3 Å². The second-order valence-corrected chi connectivity index (χ2v) is 7.17. The van der Waals surface area contributed by atoms with Gasteiger partial charge in [-0.25, -0.2) is 12.8 Å². The van der Waals surface area contributed by atoms with Gasteiger partial charge in [-0.05, 0) is 57.0 Å². The molecule has 0 amide bonds. The van der Waals surface area contributed by atoms with Crippen LogP contribution in [-0.4, -0.2) is 38.9 Å². The Morgan fingerprint density at radius 3 is 2.43 bits per heavy atom. The van der Waals surface area contributed by atoms with Gasteiger partial charge in [-0.2, -0.15) is 4.31 Å². The van der Waals surface area contributed by atoms with Crippen molar-refractivity contribution in [2.75, 3.05) is 20.1 Å². The summed E-state index contributed by atoms with van der Waals surface area (Å²) in [5, 5.41) is 3.04. The maximum absolute atomic E-state index is 13.4. The van der Waals surface area contributed by atoms with Crippen LogP contribution in [0.15, 0.2) is 17.0 Å². The number of nitrogens with one attached hydrogen (secondary N) is 1. The molecule has 0 radical (unpaired) electrons. The topological polar surface area (TPSA) is 49.4 Å². The molecule has 7 heteroatoms. The Morgan fingerprint density at radius 1 is 1.33 bits per heavy atom. The van der Waals surface area contributed by atoms with Crippen molar-refractivity contribution < 1.29 is 12.8 Å². The number of benzene rings is 1. The van der Waals surface area contributed by atoms with Gasteiger partial charge in [-0.15, -0.1) is 12.4 Å². The van der Waals surface area contributed by atoms with Gasteiger partial charge in [0.1, 0.15) is 5.82 Å². The lowest BCUT2D eigenvalue weighted by atomic mass is 10.1. The molecule has 0 saturated carbocycles. The molecule has 0 aromatic heterocycles. The van der Waals surface area contributed by atoms with Crippen molar-refractivity contribution in [2.45, 2.75) is 37.6 Å². The maximum Gasteiger partial charge on any atom is 0.243 e. The predicted molar refractivity (Wildman–Crippen MR) is 84.0 cm³/mol. The Morgan fingerprint density at radius 2 is 1.90 bits per heavy atom. The standard InChI is InChI=1S/C14H21FN2O2S.ClH/c1-10-7-12(15)8-11(2)14(10)20(18,19)17-6-4-5-13(17)9-16-3;/h7-8,13,16H,4-6,9H2,1-3H3;1H. The van der Waals surface area contributed by atoms with Crippen LogP contribution in [0.25, 0.3) is 0 Å². The van der Waals surface area contributed by atoms with Crippen LogP contribution in [0, 0.1) is 19.7 Å². The van der Waals surface area contributed by atoms with E-state index in [4.69, 9.17) is 0 Å². The van der Waals surface area contributed by atoms with Gasteiger partial charge < -0.3 is 5.32 Å². The van der Waals surface area contributed by atoms with Gasteiger partial charge in [0, 0.05) is 19.1 Å². The molecule has 1 aliphatic rings. The summed E-state index contributed by atoms with van der Waals surface area (Å²) >= 11 is 0. The molecule has 120 valence electrons. The Hall–Kier alpha value is -0.690. The first kappa shape index (κ1) is 18.4. The van der Waals surface area contributed by atoms with E-state index in [0.29, 0.717) is 24.2 Å². The van der Waals surface area contributed by atoms with Crippen LogP contribution >= 0.6 is 12.4 Å². The fourth-order valence-corrected chi connectivity index (χ4v) is 5.09. The van der Waals surface area contributed by atoms with Crippen molar-refractivity contribution in [1.29, 1.82) is 0 Å². The SMILES string of the molecule is CNCC1CCCN1S(=O)(=O)c1c(C)cc(F)cc1C.Cl. The molecule has 1 N–H and O–H groups in total. The smallest absolute Gasteiger partial charge is 0.243 e. The number of rotatable bonds is 4. The molecule has 2 rings (SSSR count). The van der Waals surface area contributed by atoms with Crippen molar-refractivity contribution >= 4 is 22.4 Å². The minimum absolute atomic E-state index is 0. The molecule has 1 unspecified atom stereocenters. The number of halogens is 2. The zero-order valence-corrected chi connectivity index (χ0v) is 14.2. The lowest BCUT2D eigenvalue weighted by Gasteiger charge is -2.25. The van der Waals surface area contributed by atoms with Gasteiger partial charge >= 0.3 is 0 Å². The van der Waals surface area contributed by atoms with E-state index in [2.05, 4.69) is 5.32 Å². The highest BCUT2D eigenvalue weighted by Crippen LogP contribution is 2.30. The molecular formula is C14H22ClFN2O2S. The predicted octanol–water partition coefficient (Wildman–Crippen LogP) is 2.24. The van der Waals surface area contributed by atoms with Crippen molar-refractivity contribution in [2.24, 2.45) is 0 Å². The molecule has 1 aromatic carbocycles. The van der Waals surface area contributed by atoms with Crippen LogP contribution in [-0.2, 0) is 10.0 Å². The zero-order valence-electron chi connectivity index (χ0n) is 12.5. The average Bonchev–Trinajstić information content (AvgIpc) is 2.76. The van der Waals surface area contributed by atoms with E-state index in [1.54, 1.807) is 18.2 Å². The highest BCUT2D eigenvalue weighted by Gasteiger charge is 2.36. The van der Waals surface area contributed by atoms with Crippen molar-refractivity contribution in [3.63, 3.8) is 0 Å². The lowest BCUT2D eigenvalue weighted by molar-refractivity contribution is 0.378. The van der Waals surface area contributed by atoms with Crippen LogP contribution in [0.5, 0.6) is 0 Å². The summed E-state index contributed by atoms with van der Waals surface area (Å²) in [6, 6.07) is 2.54. The third-order valence-corrected chi connectivity index (χ3v) is 6.01. The molecular weight excluding hydrogens is 315 g/mol. The van der Waals surface area contributed by atoms with Gasteiger partial charge in [0.2, 0.25) is 10.0 Å². The summed E-state index contributed by atoms with van der Waals surface area (Å²) in [6.45, 7) is 4.46. The summed E-state index contributed by atoms with van der Waals surface area (Å²) in [6.07, 6.45) is 1.73. The van der Waals surface area contributed by atoms with Crippen LogP contribution < -0.4 is 5.32 Å². The van der Waals surface area contributed by atoms with Crippen molar-refractivity contribution in [3.8, 4) is 0 Å². The van der Waals surface area contributed by atoms with E-state index < -0.39 is 15.8 Å². The average molecular weight is 337 g/mol. The molecule has 1 aliphatic heterocycles. The van der Waals surface area contributed by atoms with Gasteiger partial charge in [0.15, 0.2) is 0 Å². The van der Waals surface area contributed by atoms with Gasteiger partial charge in [0.05, 0.1) is 4.90 Å². The summed E-state index contributed by atoms with van der Waals surface area (Å²) < 4.78 is 40.6. The van der Waals surface area contributed by atoms with Gasteiger partial charge in [-0.3, -0.25) is 0 Å². The first-order chi connectivity index (χ1) is 9.37. The zero-order chi connectivity index (χ0) is 14.9. The molecule has 0 bridgehead atoms. The molecule has 1 aromatic rings. The fraction of sp³-hybridized carbons (Fsp3) is 0.571. The molecule has 4 nitrogen and oxygen atoms in total. The number of hydrogen-bond acceptors (Lipinski definition) is 3. The quantitative estimate of drug-likeness (QED) is 0.917. The van der Waals surface area contributed by atoms with E-state index >= 15 is 0 Å². The molecule has 1 heterocycles. The second-order valence-electron chi connectivity index (χ2n) is 5.34. The second kappa shape index (κ2) is 7.05. The minimum atomic E-state index is -3.56. The Balaban J connectivity index is 0.00000220. The summed E-state index contributed by atoms with van der Waals surface area (Å²) in [5.41, 5.74) is 0.940. The molecule has 0 aliphatic carbocycles. The molecule has 21 heavy (non-hydrogen) atoms. The Kier molecular flexibility index (Phi) is 6.16. The van der Waals surface area contributed by atoms with Crippen LogP contribution in [0.1, 0.15) is 24.0 Å². The summed E-state index contributed by atoms with van der Waals surface area (Å²) in [4.78, 5) is 0.252. The van der Waals surface area contributed by atoms with E-state index in [0.717, 1.165) is 12.8 Å². The lowest BCUT2D eigenvalue weighted by Crippen LogP contribution is -2.41. The van der Waals surface area contributed by atoms with Crippen molar-refractivity contribution in [1.82, 2.24) is 9.62 Å². The normalized spacial score (nSPS) is 19.5. The van der Waals surface area contributed by atoms with Crippen LogP contribution in [0.3, 0.4) is 0 Å². The Bertz CT molecular complexity index is 584. The fourth-order valence-electron chi connectivity index (χ4n) is 2.99. The first-order valence-corrected chi connectivity index (χ1v) is 8.25. The number of likely N-dealkylation sites (N-methyl/N-ethyl adjacent to an activating group) is 1. The Labute approximate surface area is 132 Å². The minimum Gasteiger partial charge on any atom is -0.318 e. The third-order valence-electron chi connectivity index (χ3n) is 3.75. The molecule has 0 spiro atoms. The first-order valence-electron chi connectivity index (χ1n) is 6.81. The summed E-state index contributed by atoms with van der Waals surface area (Å²) in [7, 11) is -1.74. The van der Waals surface area contributed by atoms with Crippen molar-refractivity contribution in [3.05, 3.63) is 29.1 Å². The van der Waals surface area contributed by atoms with E-state index in [9.17, 15) is 12.8 Å². The molecule has 1 atom stereocenters. The largest absolute Gasteiger partial charge is 0.318 e. The highest BCUT2D eigenvalue weighted by molar-refractivity contribution is 7.89. The number of sulfonamides is 1.